The van der Waals surface area contributed by atoms with E-state index in [9.17, 15) is 14.7 Å². The van der Waals surface area contributed by atoms with Crippen LogP contribution in [0.15, 0.2) is 47.5 Å². The summed E-state index contributed by atoms with van der Waals surface area (Å²) in [5.41, 5.74) is 1.55. The summed E-state index contributed by atoms with van der Waals surface area (Å²) in [7, 11) is 3.13. The number of amidine groups is 1. The first-order chi connectivity index (χ1) is 14.4. The Morgan fingerprint density at radius 2 is 1.90 bits per heavy atom. The third-order valence-corrected chi connectivity index (χ3v) is 5.97. The molecule has 1 atom stereocenters. The molecule has 1 aliphatic heterocycles. The summed E-state index contributed by atoms with van der Waals surface area (Å²) in [5.74, 6) is -0.0680. The number of benzene rings is 2. The molecule has 1 unspecified atom stereocenters. The summed E-state index contributed by atoms with van der Waals surface area (Å²) < 4.78 is 10.6. The van der Waals surface area contributed by atoms with Gasteiger partial charge in [0.2, 0.25) is 5.91 Å². The number of ether oxygens (including phenoxy) is 2. The molecule has 0 radical (unpaired) electrons. The Bertz CT molecular complexity index is 964. The van der Waals surface area contributed by atoms with Gasteiger partial charge < -0.3 is 14.6 Å². The lowest BCUT2D eigenvalue weighted by atomic mass is 10.1. The number of carbonyl (C=O) groups excluding carboxylic acids is 1. The lowest BCUT2D eigenvalue weighted by Gasteiger charge is -2.30. The summed E-state index contributed by atoms with van der Waals surface area (Å²) in [6, 6.07) is 12.4. The number of carbonyl (C=O) groups is 2. The summed E-state index contributed by atoms with van der Waals surface area (Å²) in [6.45, 7) is 0.361. The van der Waals surface area contributed by atoms with E-state index in [1.165, 1.54) is 4.90 Å². The molecule has 0 spiro atoms. The summed E-state index contributed by atoms with van der Waals surface area (Å²) in [5, 5.41) is 9.46. The number of nitrogens with zero attached hydrogens (tertiary/aromatic N) is 2. The highest BCUT2D eigenvalue weighted by Crippen LogP contribution is 2.31. The van der Waals surface area contributed by atoms with Gasteiger partial charge in [0.25, 0.3) is 0 Å². The smallest absolute Gasteiger partial charge is 0.317 e. The highest BCUT2D eigenvalue weighted by molar-refractivity contribution is 8.15. The quantitative estimate of drug-likeness (QED) is 0.688. The number of hydrogen-bond acceptors (Lipinski definition) is 6. The minimum Gasteiger partial charge on any atom is -0.493 e. The van der Waals surface area contributed by atoms with Gasteiger partial charge in [0.1, 0.15) is 5.25 Å². The first-order valence-corrected chi connectivity index (χ1v) is 10.4. The first-order valence-electron chi connectivity index (χ1n) is 9.16. The average molecular weight is 449 g/mol. The molecule has 1 amide bonds. The molecule has 2 aromatic rings. The molecular weight excluding hydrogens is 428 g/mol. The maximum atomic E-state index is 12.7. The van der Waals surface area contributed by atoms with Crippen molar-refractivity contribution in [1.29, 1.82) is 0 Å². The number of halogens is 1. The van der Waals surface area contributed by atoms with E-state index in [0.717, 1.165) is 17.3 Å². The maximum Gasteiger partial charge on any atom is 0.317 e. The molecule has 0 aromatic heterocycles. The standard InChI is InChI=1S/C21H21ClN2O5S/c1-28-16-8-3-13(11-17(16)29-2)9-10-24-19(25)12-18(20(26)27)30-21(24)23-15-6-4-14(22)5-7-15/h3-8,11,18H,9-10,12H2,1-2H3,(H,26,27). The van der Waals surface area contributed by atoms with Crippen molar-refractivity contribution in [3.63, 3.8) is 0 Å². The highest BCUT2D eigenvalue weighted by Gasteiger charge is 2.35. The van der Waals surface area contributed by atoms with Gasteiger partial charge in [-0.2, -0.15) is 0 Å². The second kappa shape index (κ2) is 9.86. The minimum absolute atomic E-state index is 0.0778. The van der Waals surface area contributed by atoms with Crippen molar-refractivity contribution in [3.8, 4) is 11.5 Å². The van der Waals surface area contributed by atoms with E-state index in [-0.39, 0.29) is 12.3 Å². The lowest BCUT2D eigenvalue weighted by molar-refractivity contribution is -0.139. The fraction of sp³-hybridized carbons (Fsp3) is 0.286. The summed E-state index contributed by atoms with van der Waals surface area (Å²) in [6.07, 6.45) is 0.468. The van der Waals surface area contributed by atoms with Crippen molar-refractivity contribution in [3.05, 3.63) is 53.1 Å². The Labute approximate surface area is 183 Å². The van der Waals surface area contributed by atoms with Gasteiger partial charge in [-0.15, -0.1) is 0 Å². The van der Waals surface area contributed by atoms with Crippen molar-refractivity contribution < 1.29 is 24.2 Å². The van der Waals surface area contributed by atoms with Gasteiger partial charge in [-0.3, -0.25) is 14.5 Å². The van der Waals surface area contributed by atoms with Crippen LogP contribution in [-0.2, 0) is 16.0 Å². The van der Waals surface area contributed by atoms with Crippen LogP contribution < -0.4 is 9.47 Å². The van der Waals surface area contributed by atoms with Crippen molar-refractivity contribution in [1.82, 2.24) is 4.90 Å². The maximum absolute atomic E-state index is 12.7. The van der Waals surface area contributed by atoms with Crippen molar-refractivity contribution in [2.24, 2.45) is 4.99 Å². The predicted octanol–water partition coefficient (Wildman–Crippen LogP) is 4.01. The van der Waals surface area contributed by atoms with E-state index in [1.54, 1.807) is 38.5 Å². The van der Waals surface area contributed by atoms with Crippen molar-refractivity contribution in [2.45, 2.75) is 18.1 Å². The summed E-state index contributed by atoms with van der Waals surface area (Å²) in [4.78, 5) is 30.2. The number of methoxy groups -OCH3 is 2. The van der Waals surface area contributed by atoms with Crippen LogP contribution in [0.1, 0.15) is 12.0 Å². The Hall–Kier alpha value is -2.71. The molecule has 1 heterocycles. The molecule has 0 aliphatic carbocycles. The molecule has 1 N–H and O–H groups in total. The van der Waals surface area contributed by atoms with Crippen molar-refractivity contribution in [2.75, 3.05) is 20.8 Å². The number of aliphatic carboxylic acids is 1. The van der Waals surface area contributed by atoms with Gasteiger partial charge in [-0.1, -0.05) is 29.4 Å². The van der Waals surface area contributed by atoms with E-state index in [2.05, 4.69) is 4.99 Å². The number of carboxylic acid groups (broad SMARTS) is 1. The third kappa shape index (κ3) is 5.25. The molecule has 0 saturated carbocycles. The van der Waals surface area contributed by atoms with Crippen LogP contribution in [0.25, 0.3) is 0 Å². The largest absolute Gasteiger partial charge is 0.493 e. The second-order valence-corrected chi connectivity index (χ2v) is 8.11. The van der Waals surface area contributed by atoms with Gasteiger partial charge in [0.15, 0.2) is 16.7 Å². The van der Waals surface area contributed by atoms with Crippen molar-refractivity contribution >= 4 is 46.1 Å². The van der Waals surface area contributed by atoms with E-state index < -0.39 is 11.2 Å². The molecule has 1 saturated heterocycles. The Morgan fingerprint density at radius 1 is 1.20 bits per heavy atom. The Morgan fingerprint density at radius 3 is 2.53 bits per heavy atom. The molecule has 0 bridgehead atoms. The molecule has 158 valence electrons. The predicted molar refractivity (Wildman–Crippen MR) is 117 cm³/mol. The SMILES string of the molecule is COc1ccc(CCN2C(=O)CC(C(=O)O)SC2=Nc2ccc(Cl)cc2)cc1OC. The Kier molecular flexibility index (Phi) is 7.23. The number of aliphatic imine (C=N–C) groups is 1. The van der Waals surface area contributed by atoms with Gasteiger partial charge in [0, 0.05) is 11.6 Å². The van der Waals surface area contributed by atoms with Crippen LogP contribution in [0.3, 0.4) is 0 Å². The van der Waals surface area contributed by atoms with Crippen LogP contribution >= 0.6 is 23.4 Å². The van der Waals surface area contributed by atoms with Crippen LogP contribution in [-0.4, -0.2) is 53.1 Å². The van der Waals surface area contributed by atoms with Gasteiger partial charge in [0.05, 0.1) is 26.3 Å². The molecule has 3 rings (SSSR count). The average Bonchev–Trinajstić information content (AvgIpc) is 2.74. The number of amides is 1. The Balaban J connectivity index is 1.83. The first kappa shape index (κ1) is 22.0. The number of carboxylic acids is 1. The van der Waals surface area contributed by atoms with Crippen LogP contribution in [0.5, 0.6) is 11.5 Å². The van der Waals surface area contributed by atoms with Crippen LogP contribution in [0, 0.1) is 0 Å². The molecule has 1 fully saturated rings. The third-order valence-electron chi connectivity index (χ3n) is 4.54. The van der Waals surface area contributed by atoms with Gasteiger partial charge in [-0.25, -0.2) is 4.99 Å². The zero-order chi connectivity index (χ0) is 21.7. The van der Waals surface area contributed by atoms with E-state index >= 15 is 0 Å². The number of thioether (sulfide) groups is 1. The lowest BCUT2D eigenvalue weighted by Crippen LogP contribution is -2.44. The van der Waals surface area contributed by atoms with Gasteiger partial charge in [-0.05, 0) is 48.4 Å². The van der Waals surface area contributed by atoms with E-state index in [4.69, 9.17) is 21.1 Å². The zero-order valence-corrected chi connectivity index (χ0v) is 18.1. The molecular formula is C21H21ClN2O5S. The fourth-order valence-electron chi connectivity index (χ4n) is 2.96. The molecule has 1 aliphatic rings. The fourth-order valence-corrected chi connectivity index (χ4v) is 4.14. The topological polar surface area (TPSA) is 88.4 Å². The van der Waals surface area contributed by atoms with Gasteiger partial charge >= 0.3 is 5.97 Å². The van der Waals surface area contributed by atoms with E-state index in [1.807, 2.05) is 18.2 Å². The number of rotatable bonds is 7. The molecule has 30 heavy (non-hydrogen) atoms. The number of hydrogen-bond donors (Lipinski definition) is 1. The molecule has 9 heteroatoms. The van der Waals surface area contributed by atoms with E-state index in [0.29, 0.717) is 40.3 Å². The molecule has 2 aromatic carbocycles. The van der Waals surface area contributed by atoms with Crippen LogP contribution in [0.2, 0.25) is 5.02 Å². The minimum atomic E-state index is -1.03. The summed E-state index contributed by atoms with van der Waals surface area (Å²) >= 11 is 7.00. The zero-order valence-electron chi connectivity index (χ0n) is 16.5. The van der Waals surface area contributed by atoms with Crippen LogP contribution in [0.4, 0.5) is 5.69 Å². The highest BCUT2D eigenvalue weighted by atomic mass is 35.5. The monoisotopic (exact) mass is 448 g/mol. The molecule has 7 nitrogen and oxygen atoms in total. The normalized spacial score (nSPS) is 17.8. The second-order valence-electron chi connectivity index (χ2n) is 6.50.